The summed E-state index contributed by atoms with van der Waals surface area (Å²) in [5.41, 5.74) is 5.17. The molecular formula is C68H76O20. The molecule has 0 unspecified atom stereocenters. The Bertz CT molecular complexity index is 3040. The Labute approximate surface area is 512 Å². The second kappa shape index (κ2) is 33.3. The molecule has 0 bridgehead atoms. The number of hydrogen-bond acceptors (Lipinski definition) is 20. The molecule has 9 rings (SSSR count). The quantitative estimate of drug-likeness (QED) is 0.0319. The molecule has 6 aromatic rings. The Hall–Kier alpha value is -7.28. The molecule has 0 saturated carbocycles. The van der Waals surface area contributed by atoms with Crippen LogP contribution in [-0.2, 0) is 135 Å². The first-order valence-corrected chi connectivity index (χ1v) is 29.2. The van der Waals surface area contributed by atoms with E-state index in [0.29, 0.717) is 0 Å². The van der Waals surface area contributed by atoms with Crippen molar-refractivity contribution in [1.82, 2.24) is 0 Å². The summed E-state index contributed by atoms with van der Waals surface area (Å²) in [7, 11) is 2.48. The first kappa shape index (κ1) is 65.2. The molecule has 15 atom stereocenters. The number of carbonyl (C=O) groups excluding carboxylic acids is 4. The first-order chi connectivity index (χ1) is 42.9. The molecule has 0 N–H and O–H groups in total. The van der Waals surface area contributed by atoms with Gasteiger partial charge in [-0.2, -0.15) is 0 Å². The topological polar surface area (TPSA) is 216 Å². The minimum absolute atomic E-state index is 0.000903. The summed E-state index contributed by atoms with van der Waals surface area (Å²) >= 11 is 0. The maximum Gasteiger partial charge on any atom is 0.339 e. The maximum atomic E-state index is 13.8. The van der Waals surface area contributed by atoms with Gasteiger partial charge in [-0.3, -0.25) is 14.4 Å². The molecule has 3 aliphatic heterocycles. The van der Waals surface area contributed by atoms with E-state index < -0.39 is 116 Å². The van der Waals surface area contributed by atoms with Gasteiger partial charge in [0.1, 0.15) is 48.8 Å². The average Bonchev–Trinajstić information content (AvgIpc) is 2.97. The lowest BCUT2D eigenvalue weighted by Crippen LogP contribution is -2.69. The van der Waals surface area contributed by atoms with Crippen LogP contribution >= 0.6 is 0 Å². The van der Waals surface area contributed by atoms with E-state index in [-0.39, 0.29) is 52.9 Å². The Kier molecular flexibility index (Phi) is 24.7. The van der Waals surface area contributed by atoms with E-state index in [1.54, 1.807) is 0 Å². The second-order valence-corrected chi connectivity index (χ2v) is 21.2. The monoisotopic (exact) mass is 1210 g/mol. The largest absolute Gasteiger partial charge is 0.467 e. The normalized spacial score (nSPS) is 26.9. The lowest BCUT2D eigenvalue weighted by atomic mass is 9.95. The molecule has 468 valence electrons. The lowest BCUT2D eigenvalue weighted by Gasteiger charge is -2.51. The first-order valence-electron chi connectivity index (χ1n) is 29.2. The van der Waals surface area contributed by atoms with Crippen LogP contribution in [0.15, 0.2) is 182 Å². The Morgan fingerprint density at radius 1 is 0.341 bits per heavy atom. The molecule has 0 amide bonds. The number of esters is 4. The lowest BCUT2D eigenvalue weighted by molar-refractivity contribution is -0.396. The summed E-state index contributed by atoms with van der Waals surface area (Å²) in [6, 6.07) is 57.7. The number of hydrogen-bond donors (Lipinski definition) is 0. The fourth-order valence-corrected chi connectivity index (χ4v) is 10.7. The number of benzene rings is 6. The molecular weight excluding hydrogens is 1140 g/mol. The zero-order valence-corrected chi connectivity index (χ0v) is 49.8. The van der Waals surface area contributed by atoms with E-state index in [2.05, 4.69) is 0 Å². The molecule has 0 radical (unpaired) electrons. The van der Waals surface area contributed by atoms with Crippen LogP contribution in [0.5, 0.6) is 0 Å². The average molecular weight is 1210 g/mol. The van der Waals surface area contributed by atoms with E-state index in [4.69, 9.17) is 75.8 Å². The highest BCUT2D eigenvalue weighted by Crippen LogP contribution is 2.39. The molecule has 0 spiro atoms. The Balaban J connectivity index is 1.19. The van der Waals surface area contributed by atoms with Crippen LogP contribution in [0, 0.1) is 0 Å². The van der Waals surface area contributed by atoms with Gasteiger partial charge in [-0.1, -0.05) is 182 Å². The van der Waals surface area contributed by atoms with E-state index in [1.807, 2.05) is 182 Å². The standard InChI is InChI=1S/C68H76O20/c1-44(69)81-59-60(82-45(2)70)64(83-46(3)71)68(87-61(59)65(72)73-4)88-63-58(56(78-39-50-30-18-9-19-31-50)54(84-66(63)74-5)43-76-37-48-26-14-7-15-27-48)86-67-62(80-41-52-34-22-11-23-35-52)57(79-40-51-32-20-10-21-33-51)55(77-38-49-28-16-8-17-29-49)53(85-67)42-75-36-47-24-12-6-13-25-47/h6-35,53-64,66-68H,36-43H2,1-5H3/t53-,54+,55-,56-,57-,58-,59-,60+,61-,62-,63+,64+,66+,67-,68-/m0/s1. The van der Waals surface area contributed by atoms with Crippen LogP contribution in [0.1, 0.15) is 54.2 Å². The van der Waals surface area contributed by atoms with E-state index in [0.717, 1.165) is 61.3 Å². The van der Waals surface area contributed by atoms with Crippen molar-refractivity contribution in [3.63, 3.8) is 0 Å². The Morgan fingerprint density at radius 2 is 0.670 bits per heavy atom. The highest BCUT2D eigenvalue weighted by Gasteiger charge is 2.60. The minimum atomic E-state index is -1.86. The third-order valence-electron chi connectivity index (χ3n) is 14.8. The molecule has 6 aromatic carbocycles. The predicted molar refractivity (Wildman–Crippen MR) is 314 cm³/mol. The van der Waals surface area contributed by atoms with Gasteiger partial charge in [-0.25, -0.2) is 4.79 Å². The summed E-state index contributed by atoms with van der Waals surface area (Å²) in [6.45, 7) is 3.89. The smallest absolute Gasteiger partial charge is 0.339 e. The summed E-state index contributed by atoms with van der Waals surface area (Å²) in [5.74, 6) is -3.70. The molecule has 20 nitrogen and oxygen atoms in total. The van der Waals surface area contributed by atoms with Gasteiger partial charge < -0.3 is 75.8 Å². The molecule has 88 heavy (non-hydrogen) atoms. The van der Waals surface area contributed by atoms with E-state index in [9.17, 15) is 19.2 Å². The van der Waals surface area contributed by atoms with Crippen molar-refractivity contribution in [2.45, 2.75) is 153 Å². The van der Waals surface area contributed by atoms with Crippen molar-refractivity contribution in [2.75, 3.05) is 27.4 Å². The van der Waals surface area contributed by atoms with Gasteiger partial charge in [0.2, 0.25) is 6.29 Å². The molecule has 0 aliphatic carbocycles. The van der Waals surface area contributed by atoms with Gasteiger partial charge in [-0.05, 0) is 33.4 Å². The number of carbonyl (C=O) groups is 4. The predicted octanol–water partition coefficient (Wildman–Crippen LogP) is 8.32. The van der Waals surface area contributed by atoms with Crippen molar-refractivity contribution in [3.8, 4) is 0 Å². The van der Waals surface area contributed by atoms with E-state index in [1.165, 1.54) is 7.11 Å². The van der Waals surface area contributed by atoms with Gasteiger partial charge in [0.15, 0.2) is 37.0 Å². The SMILES string of the molecule is COC(=O)[C@H]1O[C@@H](O[C@H]2[C@H](OC)O[C@H](COCc3ccccc3)[C@H](OCc3ccccc3)[C@@H]2O[C@@H]2O[C@@H](COCc3ccccc3)[C@H](OCc3ccccc3)[C@H](OCc3ccccc3)[C@@H]2OCc2ccccc2)[C@H](OC(C)=O)[C@H](OC(C)=O)[C@@H]1OC(C)=O. The van der Waals surface area contributed by atoms with Crippen molar-refractivity contribution in [3.05, 3.63) is 215 Å². The van der Waals surface area contributed by atoms with Crippen LogP contribution in [0.4, 0.5) is 0 Å². The van der Waals surface area contributed by atoms with Gasteiger partial charge in [0, 0.05) is 27.9 Å². The number of rotatable bonds is 29. The summed E-state index contributed by atoms with van der Waals surface area (Å²) in [6.07, 6.45) is -20.7. The van der Waals surface area contributed by atoms with Crippen LogP contribution in [0.3, 0.4) is 0 Å². The van der Waals surface area contributed by atoms with Gasteiger partial charge in [-0.15, -0.1) is 0 Å². The summed E-state index contributed by atoms with van der Waals surface area (Å²) in [4.78, 5) is 52.8. The summed E-state index contributed by atoms with van der Waals surface area (Å²) < 4.78 is 105. The van der Waals surface area contributed by atoms with Crippen LogP contribution < -0.4 is 0 Å². The third-order valence-corrected chi connectivity index (χ3v) is 14.8. The van der Waals surface area contributed by atoms with Crippen molar-refractivity contribution in [2.24, 2.45) is 0 Å². The minimum Gasteiger partial charge on any atom is -0.467 e. The third kappa shape index (κ3) is 18.4. The van der Waals surface area contributed by atoms with Crippen LogP contribution in [0.25, 0.3) is 0 Å². The fraction of sp³-hybridized carbons (Fsp3) is 0.412. The molecule has 3 aliphatic rings. The van der Waals surface area contributed by atoms with Crippen molar-refractivity contribution < 1.29 is 95.0 Å². The highest BCUT2D eigenvalue weighted by molar-refractivity contribution is 5.77. The van der Waals surface area contributed by atoms with Crippen LogP contribution in [0.2, 0.25) is 0 Å². The number of methoxy groups -OCH3 is 2. The molecule has 3 fully saturated rings. The molecule has 0 aromatic heterocycles. The van der Waals surface area contributed by atoms with Gasteiger partial charge in [0.05, 0.1) is 60.0 Å². The van der Waals surface area contributed by atoms with Crippen molar-refractivity contribution in [1.29, 1.82) is 0 Å². The zero-order chi connectivity index (χ0) is 61.6. The molecule has 20 heteroatoms. The second-order valence-electron chi connectivity index (χ2n) is 21.2. The van der Waals surface area contributed by atoms with Crippen LogP contribution in [-0.4, -0.2) is 143 Å². The molecule has 3 heterocycles. The fourth-order valence-electron chi connectivity index (χ4n) is 10.7. The summed E-state index contributed by atoms with van der Waals surface area (Å²) in [5, 5.41) is 0. The molecule has 3 saturated heterocycles. The zero-order valence-electron chi connectivity index (χ0n) is 49.8. The highest BCUT2D eigenvalue weighted by atomic mass is 16.8. The number of ether oxygens (including phenoxy) is 16. The maximum absolute atomic E-state index is 13.8. The van der Waals surface area contributed by atoms with E-state index >= 15 is 0 Å². The van der Waals surface area contributed by atoms with Gasteiger partial charge >= 0.3 is 23.9 Å². The van der Waals surface area contributed by atoms with Crippen molar-refractivity contribution >= 4 is 23.9 Å². The van der Waals surface area contributed by atoms with Gasteiger partial charge in [0.25, 0.3) is 0 Å². The Morgan fingerprint density at radius 3 is 1.07 bits per heavy atom.